The molecule has 0 radical (unpaired) electrons. The van der Waals surface area contributed by atoms with Crippen LogP contribution < -0.4 is 5.73 Å². The Labute approximate surface area is 90.4 Å². The van der Waals surface area contributed by atoms with Crippen LogP contribution in [-0.2, 0) is 10.1 Å². The molecule has 0 heterocycles. The van der Waals surface area contributed by atoms with Crippen LogP contribution in [0, 0.1) is 5.41 Å². The lowest BCUT2D eigenvalue weighted by Crippen LogP contribution is -2.26. The van der Waals surface area contributed by atoms with E-state index in [0.717, 1.165) is 12.2 Å². The zero-order chi connectivity index (χ0) is 11.2. The lowest BCUT2D eigenvalue weighted by Gasteiger charge is -2.21. The first kappa shape index (κ1) is 14.2. The first-order chi connectivity index (χ1) is 6.27. The van der Waals surface area contributed by atoms with Crippen molar-refractivity contribution in [3.05, 3.63) is 0 Å². The summed E-state index contributed by atoms with van der Waals surface area (Å²) in [5.74, 6) is 1.47. The second-order valence-electron chi connectivity index (χ2n) is 4.09. The fraction of sp³-hybridized carbons (Fsp3) is 1.00. The predicted molar refractivity (Wildman–Crippen MR) is 61.2 cm³/mol. The molecule has 0 rings (SSSR count). The van der Waals surface area contributed by atoms with Gasteiger partial charge in [0.05, 0.1) is 5.75 Å². The van der Waals surface area contributed by atoms with Gasteiger partial charge in [0.15, 0.2) is 0 Å². The summed E-state index contributed by atoms with van der Waals surface area (Å²) in [4.78, 5) is 0. The average molecular weight is 241 g/mol. The smallest absolute Gasteiger partial charge is 0.265 e. The highest BCUT2D eigenvalue weighted by Crippen LogP contribution is 2.23. The maximum atomic E-state index is 10.7. The van der Waals surface area contributed by atoms with Crippen molar-refractivity contribution in [1.29, 1.82) is 0 Å². The zero-order valence-corrected chi connectivity index (χ0v) is 10.3. The third-order valence-electron chi connectivity index (χ3n) is 1.56. The van der Waals surface area contributed by atoms with Crippen LogP contribution in [0.1, 0.15) is 20.3 Å². The highest BCUT2D eigenvalue weighted by atomic mass is 32.2. The van der Waals surface area contributed by atoms with Gasteiger partial charge in [-0.3, -0.25) is 4.55 Å². The molecule has 0 aliphatic heterocycles. The summed E-state index contributed by atoms with van der Waals surface area (Å²) in [6.45, 7) is 4.32. The Kier molecular flexibility index (Phi) is 6.04. The van der Waals surface area contributed by atoms with Gasteiger partial charge in [-0.2, -0.15) is 20.2 Å². The summed E-state index contributed by atoms with van der Waals surface area (Å²) in [6, 6.07) is 0. The van der Waals surface area contributed by atoms with Crippen LogP contribution in [0.3, 0.4) is 0 Å². The van der Waals surface area contributed by atoms with Gasteiger partial charge in [-0.1, -0.05) is 13.8 Å². The standard InChI is InChI=1S/C8H19NO3S2/c1-8(2,7-14(10,11)12)6-13-5-3-4-9/h3-7,9H2,1-2H3,(H,10,11,12). The summed E-state index contributed by atoms with van der Waals surface area (Å²) in [7, 11) is -3.86. The van der Waals surface area contributed by atoms with E-state index in [1.165, 1.54) is 0 Å². The molecule has 14 heavy (non-hydrogen) atoms. The van der Waals surface area contributed by atoms with Crippen molar-refractivity contribution in [3.8, 4) is 0 Å². The lowest BCUT2D eigenvalue weighted by molar-refractivity contribution is 0.427. The Balaban J connectivity index is 3.84. The van der Waals surface area contributed by atoms with Crippen LogP contribution in [0.2, 0.25) is 0 Å². The van der Waals surface area contributed by atoms with Crippen LogP contribution in [0.15, 0.2) is 0 Å². The van der Waals surface area contributed by atoms with E-state index in [1.54, 1.807) is 11.8 Å². The van der Waals surface area contributed by atoms with Crippen molar-refractivity contribution in [2.24, 2.45) is 11.1 Å². The molecular weight excluding hydrogens is 222 g/mol. The zero-order valence-electron chi connectivity index (χ0n) is 8.69. The Bertz CT molecular complexity index is 249. The van der Waals surface area contributed by atoms with E-state index in [4.69, 9.17) is 10.3 Å². The second-order valence-corrected chi connectivity index (χ2v) is 6.64. The molecule has 0 spiro atoms. The fourth-order valence-electron chi connectivity index (χ4n) is 1.07. The van der Waals surface area contributed by atoms with Crippen LogP contribution >= 0.6 is 11.8 Å². The highest BCUT2D eigenvalue weighted by molar-refractivity contribution is 7.99. The highest BCUT2D eigenvalue weighted by Gasteiger charge is 2.24. The van der Waals surface area contributed by atoms with Gasteiger partial charge in [-0.25, -0.2) is 0 Å². The van der Waals surface area contributed by atoms with Gasteiger partial charge in [0.1, 0.15) is 0 Å². The molecule has 0 saturated carbocycles. The molecule has 0 aromatic carbocycles. The van der Waals surface area contributed by atoms with Crippen molar-refractivity contribution in [1.82, 2.24) is 0 Å². The minimum absolute atomic E-state index is 0.185. The lowest BCUT2D eigenvalue weighted by atomic mass is 10.0. The molecule has 0 bridgehead atoms. The van der Waals surface area contributed by atoms with Crippen LogP contribution in [0.25, 0.3) is 0 Å². The summed E-state index contributed by atoms with van der Waals surface area (Å²) < 4.78 is 30.0. The van der Waals surface area contributed by atoms with Crippen LogP contribution in [-0.4, -0.2) is 36.8 Å². The van der Waals surface area contributed by atoms with Gasteiger partial charge in [-0.15, -0.1) is 0 Å². The average Bonchev–Trinajstić information content (AvgIpc) is 1.93. The molecule has 4 nitrogen and oxygen atoms in total. The third kappa shape index (κ3) is 8.80. The molecule has 0 aliphatic carbocycles. The molecular formula is C8H19NO3S2. The molecule has 0 aromatic rings. The molecule has 0 unspecified atom stereocenters. The number of rotatable bonds is 7. The normalized spacial score (nSPS) is 13.1. The molecule has 3 N–H and O–H groups in total. The van der Waals surface area contributed by atoms with Crippen molar-refractivity contribution in [3.63, 3.8) is 0 Å². The Morgan fingerprint density at radius 3 is 2.43 bits per heavy atom. The van der Waals surface area contributed by atoms with Gasteiger partial charge in [0, 0.05) is 0 Å². The van der Waals surface area contributed by atoms with E-state index in [-0.39, 0.29) is 11.2 Å². The van der Waals surface area contributed by atoms with Crippen LogP contribution in [0.5, 0.6) is 0 Å². The number of hydrogen-bond donors (Lipinski definition) is 2. The van der Waals surface area contributed by atoms with Crippen LogP contribution in [0.4, 0.5) is 0 Å². The molecule has 0 atom stereocenters. The van der Waals surface area contributed by atoms with E-state index in [0.29, 0.717) is 12.3 Å². The van der Waals surface area contributed by atoms with E-state index < -0.39 is 10.1 Å². The summed E-state index contributed by atoms with van der Waals surface area (Å²) in [5.41, 5.74) is 4.95. The third-order valence-corrected chi connectivity index (χ3v) is 4.27. The summed E-state index contributed by atoms with van der Waals surface area (Å²) >= 11 is 1.67. The minimum atomic E-state index is -3.86. The van der Waals surface area contributed by atoms with E-state index in [1.807, 2.05) is 13.8 Å². The second kappa shape index (κ2) is 5.95. The van der Waals surface area contributed by atoms with Crippen molar-refractivity contribution in [2.45, 2.75) is 20.3 Å². The Morgan fingerprint density at radius 1 is 1.43 bits per heavy atom. The molecule has 6 heteroatoms. The van der Waals surface area contributed by atoms with Gasteiger partial charge >= 0.3 is 0 Å². The molecule has 0 aliphatic rings. The Hall–Kier alpha value is 0.220. The number of hydrogen-bond acceptors (Lipinski definition) is 4. The fourth-order valence-corrected chi connectivity index (χ4v) is 3.46. The molecule has 0 aromatic heterocycles. The van der Waals surface area contributed by atoms with Crippen molar-refractivity contribution in [2.75, 3.05) is 23.8 Å². The van der Waals surface area contributed by atoms with E-state index in [2.05, 4.69) is 0 Å². The SMILES string of the molecule is CC(C)(CSCCCN)CS(=O)(=O)O. The molecule has 0 fully saturated rings. The molecule has 0 saturated heterocycles. The van der Waals surface area contributed by atoms with E-state index in [9.17, 15) is 8.42 Å². The first-order valence-electron chi connectivity index (χ1n) is 4.50. The summed E-state index contributed by atoms with van der Waals surface area (Å²) in [6.07, 6.45) is 0.937. The van der Waals surface area contributed by atoms with Gasteiger partial charge in [0.2, 0.25) is 0 Å². The van der Waals surface area contributed by atoms with Crippen molar-refractivity contribution < 1.29 is 13.0 Å². The molecule has 0 amide bonds. The van der Waals surface area contributed by atoms with Gasteiger partial charge < -0.3 is 5.73 Å². The predicted octanol–water partition coefficient (Wildman–Crippen LogP) is 0.982. The maximum absolute atomic E-state index is 10.7. The monoisotopic (exact) mass is 241 g/mol. The van der Waals surface area contributed by atoms with Gasteiger partial charge in [-0.05, 0) is 29.9 Å². The quantitative estimate of drug-likeness (QED) is 0.513. The number of nitrogens with two attached hydrogens (primary N) is 1. The van der Waals surface area contributed by atoms with Gasteiger partial charge in [0.25, 0.3) is 10.1 Å². The minimum Gasteiger partial charge on any atom is -0.330 e. The maximum Gasteiger partial charge on any atom is 0.265 e. The Morgan fingerprint density at radius 2 is 2.00 bits per heavy atom. The number of thioether (sulfide) groups is 1. The summed E-state index contributed by atoms with van der Waals surface area (Å²) in [5, 5.41) is 0. The van der Waals surface area contributed by atoms with E-state index >= 15 is 0 Å². The molecule has 86 valence electrons. The van der Waals surface area contributed by atoms with Crippen molar-refractivity contribution >= 4 is 21.9 Å². The largest absolute Gasteiger partial charge is 0.330 e. The first-order valence-corrected chi connectivity index (χ1v) is 7.26. The topological polar surface area (TPSA) is 80.4 Å².